The van der Waals surface area contributed by atoms with Crippen molar-refractivity contribution in [1.29, 1.82) is 0 Å². The molecule has 0 aromatic heterocycles. The summed E-state index contributed by atoms with van der Waals surface area (Å²) in [7, 11) is 0. The van der Waals surface area contributed by atoms with Gasteiger partial charge in [0.2, 0.25) is 5.91 Å². The third kappa shape index (κ3) is 2.33. The predicted molar refractivity (Wildman–Crippen MR) is 68.6 cm³/mol. The molecule has 0 spiro atoms. The van der Waals surface area contributed by atoms with Crippen LogP contribution in [-0.4, -0.2) is 42.0 Å². The van der Waals surface area contributed by atoms with Crippen molar-refractivity contribution in [1.82, 2.24) is 10.2 Å². The van der Waals surface area contributed by atoms with E-state index in [1.807, 2.05) is 13.8 Å². The first kappa shape index (κ1) is 12.8. The number of piperazine rings is 1. The Hall–Kier alpha value is -0.610. The first-order valence-electron chi connectivity index (χ1n) is 6.82. The van der Waals surface area contributed by atoms with Crippen molar-refractivity contribution >= 4 is 5.91 Å². The Balaban J connectivity index is 2.16. The van der Waals surface area contributed by atoms with Gasteiger partial charge in [0, 0.05) is 19.1 Å². The molecule has 4 heteroatoms. The van der Waals surface area contributed by atoms with Gasteiger partial charge in [-0.25, -0.2) is 0 Å². The smallest absolute Gasteiger partial charge is 0.240 e. The average Bonchev–Trinajstić information content (AvgIpc) is 2.33. The minimum Gasteiger partial charge on any atom is -0.353 e. The third-order valence-electron chi connectivity index (χ3n) is 4.48. The van der Waals surface area contributed by atoms with Crippen molar-refractivity contribution in [3.8, 4) is 0 Å². The fraction of sp³-hybridized carbons (Fsp3) is 0.923. The van der Waals surface area contributed by atoms with Crippen molar-refractivity contribution in [3.05, 3.63) is 0 Å². The molecule has 1 heterocycles. The van der Waals surface area contributed by atoms with Crippen molar-refractivity contribution in [2.45, 2.75) is 51.1 Å². The zero-order valence-electron chi connectivity index (χ0n) is 11.0. The molecule has 2 unspecified atom stereocenters. The molecule has 2 aliphatic rings. The number of carbonyl (C=O) groups excluding carboxylic acids is 1. The topological polar surface area (TPSA) is 58.4 Å². The van der Waals surface area contributed by atoms with E-state index in [-0.39, 0.29) is 11.4 Å². The second-order valence-corrected chi connectivity index (χ2v) is 5.86. The summed E-state index contributed by atoms with van der Waals surface area (Å²) in [5, 5.41) is 2.96. The van der Waals surface area contributed by atoms with Crippen molar-refractivity contribution in [2.24, 2.45) is 11.7 Å². The minimum absolute atomic E-state index is 0.157. The molecule has 3 N–H and O–H groups in total. The summed E-state index contributed by atoms with van der Waals surface area (Å²) in [6.07, 6.45) is 4.97. The fourth-order valence-corrected chi connectivity index (χ4v) is 3.37. The summed E-state index contributed by atoms with van der Waals surface area (Å²) >= 11 is 0. The fourth-order valence-electron chi connectivity index (χ4n) is 3.37. The SMILES string of the molecule is CC1(C)C(=O)NCCN1C1CCCCC1CN. The largest absolute Gasteiger partial charge is 0.353 e. The van der Waals surface area contributed by atoms with Crippen LogP contribution in [0.3, 0.4) is 0 Å². The second-order valence-electron chi connectivity index (χ2n) is 5.86. The molecule has 17 heavy (non-hydrogen) atoms. The Bertz CT molecular complexity index is 290. The molecule has 0 aromatic rings. The molecule has 98 valence electrons. The van der Waals surface area contributed by atoms with E-state index in [4.69, 9.17) is 5.73 Å². The molecule has 0 bridgehead atoms. The van der Waals surface area contributed by atoms with Gasteiger partial charge in [-0.1, -0.05) is 12.8 Å². The number of hydrogen-bond donors (Lipinski definition) is 2. The lowest BCUT2D eigenvalue weighted by atomic mass is 9.81. The molecular weight excluding hydrogens is 214 g/mol. The molecule has 4 nitrogen and oxygen atoms in total. The van der Waals surface area contributed by atoms with Gasteiger partial charge in [-0.05, 0) is 39.2 Å². The number of nitrogens with one attached hydrogen (secondary N) is 1. The molecule has 0 radical (unpaired) electrons. The Labute approximate surface area is 104 Å². The first-order chi connectivity index (χ1) is 8.07. The zero-order valence-corrected chi connectivity index (χ0v) is 11.0. The molecule has 1 aliphatic carbocycles. The van der Waals surface area contributed by atoms with E-state index in [1.165, 1.54) is 25.7 Å². The highest BCUT2D eigenvalue weighted by atomic mass is 16.2. The quantitative estimate of drug-likeness (QED) is 0.746. The van der Waals surface area contributed by atoms with Crippen molar-refractivity contribution in [2.75, 3.05) is 19.6 Å². The van der Waals surface area contributed by atoms with Crippen LogP contribution in [0.15, 0.2) is 0 Å². The van der Waals surface area contributed by atoms with Gasteiger partial charge in [0.15, 0.2) is 0 Å². The van der Waals surface area contributed by atoms with E-state index < -0.39 is 0 Å². The lowest BCUT2D eigenvalue weighted by molar-refractivity contribution is -0.138. The lowest BCUT2D eigenvalue weighted by Gasteiger charge is -2.49. The molecule has 2 rings (SSSR count). The number of amides is 1. The maximum Gasteiger partial charge on any atom is 0.240 e. The summed E-state index contributed by atoms with van der Waals surface area (Å²) < 4.78 is 0. The lowest BCUT2D eigenvalue weighted by Crippen LogP contribution is -2.66. The monoisotopic (exact) mass is 239 g/mol. The van der Waals surface area contributed by atoms with E-state index in [2.05, 4.69) is 10.2 Å². The van der Waals surface area contributed by atoms with Crippen LogP contribution >= 0.6 is 0 Å². The van der Waals surface area contributed by atoms with Gasteiger partial charge in [-0.3, -0.25) is 9.69 Å². The highest BCUT2D eigenvalue weighted by molar-refractivity contribution is 5.86. The molecule has 2 atom stereocenters. The number of nitrogens with two attached hydrogens (primary N) is 1. The second kappa shape index (κ2) is 4.94. The normalized spacial score (nSPS) is 34.4. The molecule has 1 saturated heterocycles. The average molecular weight is 239 g/mol. The van der Waals surface area contributed by atoms with Crippen molar-refractivity contribution in [3.63, 3.8) is 0 Å². The Morgan fingerprint density at radius 2 is 2.12 bits per heavy atom. The number of nitrogens with zero attached hydrogens (tertiary/aromatic N) is 1. The van der Waals surface area contributed by atoms with Crippen LogP contribution in [0.5, 0.6) is 0 Å². The van der Waals surface area contributed by atoms with E-state index in [9.17, 15) is 4.79 Å². The Morgan fingerprint density at radius 1 is 1.41 bits per heavy atom. The molecule has 1 aliphatic heterocycles. The van der Waals surface area contributed by atoms with Crippen LogP contribution < -0.4 is 11.1 Å². The minimum atomic E-state index is -0.381. The van der Waals surface area contributed by atoms with E-state index in [0.717, 1.165) is 19.6 Å². The van der Waals surface area contributed by atoms with Gasteiger partial charge in [-0.15, -0.1) is 0 Å². The van der Waals surface area contributed by atoms with E-state index in [0.29, 0.717) is 12.0 Å². The zero-order chi connectivity index (χ0) is 12.5. The van der Waals surface area contributed by atoms with Crippen molar-refractivity contribution < 1.29 is 4.79 Å². The Morgan fingerprint density at radius 3 is 2.82 bits per heavy atom. The Kier molecular flexibility index (Phi) is 3.73. The molecule has 2 fully saturated rings. The molecule has 1 saturated carbocycles. The van der Waals surface area contributed by atoms with Crippen LogP contribution in [-0.2, 0) is 4.79 Å². The number of rotatable bonds is 2. The molecule has 1 amide bonds. The molecule has 0 aromatic carbocycles. The van der Waals surface area contributed by atoms with Gasteiger partial charge >= 0.3 is 0 Å². The predicted octanol–water partition coefficient (Wildman–Crippen LogP) is 0.714. The summed E-state index contributed by atoms with van der Waals surface area (Å²) in [6, 6.07) is 0.495. The van der Waals surface area contributed by atoms with Crippen LogP contribution in [0.1, 0.15) is 39.5 Å². The van der Waals surface area contributed by atoms with Gasteiger partial charge < -0.3 is 11.1 Å². The standard InChI is InChI=1S/C13H25N3O/c1-13(2)12(17)15-7-8-16(13)11-6-4-3-5-10(11)9-14/h10-11H,3-9,14H2,1-2H3,(H,15,17). The summed E-state index contributed by atoms with van der Waals surface area (Å²) in [6.45, 7) is 6.54. The molecular formula is C13H25N3O. The third-order valence-corrected chi connectivity index (χ3v) is 4.48. The van der Waals surface area contributed by atoms with Crippen LogP contribution in [0, 0.1) is 5.92 Å². The highest BCUT2D eigenvalue weighted by Crippen LogP contribution is 2.33. The van der Waals surface area contributed by atoms with Gasteiger partial charge in [0.1, 0.15) is 0 Å². The van der Waals surface area contributed by atoms with Crippen LogP contribution in [0.4, 0.5) is 0 Å². The van der Waals surface area contributed by atoms with Gasteiger partial charge in [0.05, 0.1) is 5.54 Å². The first-order valence-corrected chi connectivity index (χ1v) is 6.82. The summed E-state index contributed by atoms with van der Waals surface area (Å²) in [5.74, 6) is 0.721. The van der Waals surface area contributed by atoms with Crippen LogP contribution in [0.25, 0.3) is 0 Å². The van der Waals surface area contributed by atoms with E-state index in [1.54, 1.807) is 0 Å². The summed E-state index contributed by atoms with van der Waals surface area (Å²) in [4.78, 5) is 14.4. The van der Waals surface area contributed by atoms with Gasteiger partial charge in [0.25, 0.3) is 0 Å². The van der Waals surface area contributed by atoms with E-state index >= 15 is 0 Å². The number of carbonyl (C=O) groups is 1. The summed E-state index contributed by atoms with van der Waals surface area (Å²) in [5.41, 5.74) is 5.52. The highest BCUT2D eigenvalue weighted by Gasteiger charge is 2.43. The number of hydrogen-bond acceptors (Lipinski definition) is 3. The van der Waals surface area contributed by atoms with Crippen LogP contribution in [0.2, 0.25) is 0 Å². The maximum atomic E-state index is 12.0. The maximum absolute atomic E-state index is 12.0. The van der Waals surface area contributed by atoms with Gasteiger partial charge in [-0.2, -0.15) is 0 Å².